The van der Waals surface area contributed by atoms with Gasteiger partial charge in [-0.25, -0.2) is 9.59 Å². The van der Waals surface area contributed by atoms with Crippen LogP contribution in [0.2, 0.25) is 0 Å². The molecular weight excluding hydrogens is 280 g/mol. The highest BCUT2D eigenvalue weighted by Crippen LogP contribution is 2.17. The van der Waals surface area contributed by atoms with E-state index in [0.717, 1.165) is 0 Å². The van der Waals surface area contributed by atoms with Crippen molar-refractivity contribution in [3.8, 4) is 0 Å². The summed E-state index contributed by atoms with van der Waals surface area (Å²) < 4.78 is 4.72. The zero-order chi connectivity index (χ0) is 16.7. The summed E-state index contributed by atoms with van der Waals surface area (Å²) in [6.45, 7) is 8.20. The van der Waals surface area contributed by atoms with Crippen molar-refractivity contribution in [2.75, 3.05) is 12.4 Å². The molecule has 0 spiro atoms. The lowest BCUT2D eigenvalue weighted by Crippen LogP contribution is -2.44. The van der Waals surface area contributed by atoms with E-state index in [2.05, 4.69) is 24.5 Å². The van der Waals surface area contributed by atoms with Crippen LogP contribution in [0.5, 0.6) is 0 Å². The molecule has 0 fully saturated rings. The fraction of sp³-hybridized carbons (Fsp3) is 0.529. The van der Waals surface area contributed by atoms with E-state index < -0.39 is 18.0 Å². The minimum Gasteiger partial charge on any atom is -0.467 e. The monoisotopic (exact) mass is 306 g/mol. The van der Waals surface area contributed by atoms with Crippen LogP contribution in [-0.2, 0) is 9.53 Å². The molecule has 0 radical (unpaired) electrons. The smallest absolute Gasteiger partial charge is 0.328 e. The van der Waals surface area contributed by atoms with Gasteiger partial charge in [0.15, 0.2) is 0 Å². The van der Waals surface area contributed by atoms with Gasteiger partial charge in [0.1, 0.15) is 6.04 Å². The molecule has 0 aliphatic heterocycles. The van der Waals surface area contributed by atoms with Crippen molar-refractivity contribution >= 4 is 17.7 Å². The van der Waals surface area contributed by atoms with Gasteiger partial charge in [0.25, 0.3) is 0 Å². The predicted molar refractivity (Wildman–Crippen MR) is 87.9 cm³/mol. The summed E-state index contributed by atoms with van der Waals surface area (Å²) in [6.07, 6.45) is 0.534. The largest absolute Gasteiger partial charge is 0.467 e. The second-order valence-electron chi connectivity index (χ2n) is 6.08. The Bertz CT molecular complexity index is 495. The number of carbonyl (C=O) groups is 2. The summed E-state index contributed by atoms with van der Waals surface area (Å²) >= 11 is 0. The Labute approximate surface area is 132 Å². The molecule has 0 heterocycles. The number of hydrogen-bond acceptors (Lipinski definition) is 3. The number of benzene rings is 1. The molecule has 22 heavy (non-hydrogen) atoms. The standard InChI is InChI=1S/C17H26N2O3/c1-11(2)10-15(16(20)22-5)19-17(21)18-14-8-6-13(7-9-14)12(3)4/h6-9,11-12,15H,10H2,1-5H3,(H2,18,19,21). The Hall–Kier alpha value is -2.04. The maximum atomic E-state index is 12.0. The molecule has 5 heteroatoms. The molecule has 0 saturated carbocycles. The first-order chi connectivity index (χ1) is 10.3. The fourth-order valence-electron chi connectivity index (χ4n) is 2.10. The second-order valence-corrected chi connectivity index (χ2v) is 6.08. The molecule has 5 nitrogen and oxygen atoms in total. The summed E-state index contributed by atoms with van der Waals surface area (Å²) in [5.41, 5.74) is 1.90. The Morgan fingerprint density at radius 3 is 2.14 bits per heavy atom. The molecule has 0 aliphatic carbocycles. The number of rotatable bonds is 6. The maximum Gasteiger partial charge on any atom is 0.328 e. The average molecular weight is 306 g/mol. The molecule has 1 aromatic rings. The third kappa shape index (κ3) is 5.76. The number of carbonyl (C=O) groups excluding carboxylic acids is 2. The summed E-state index contributed by atoms with van der Waals surface area (Å²) in [5, 5.41) is 5.39. The molecule has 0 saturated heterocycles. The van der Waals surface area contributed by atoms with Gasteiger partial charge in [0.2, 0.25) is 0 Å². The first-order valence-corrected chi connectivity index (χ1v) is 7.58. The van der Waals surface area contributed by atoms with Crippen molar-refractivity contribution in [2.45, 2.75) is 46.1 Å². The van der Waals surface area contributed by atoms with Gasteiger partial charge in [-0.05, 0) is 36.0 Å². The highest BCUT2D eigenvalue weighted by Gasteiger charge is 2.22. The maximum absolute atomic E-state index is 12.0. The van der Waals surface area contributed by atoms with E-state index in [-0.39, 0.29) is 5.92 Å². The molecule has 1 atom stereocenters. The molecule has 1 rings (SSSR count). The van der Waals surface area contributed by atoms with Crippen LogP contribution < -0.4 is 10.6 Å². The molecule has 1 unspecified atom stereocenters. The van der Waals surface area contributed by atoms with Gasteiger partial charge in [0, 0.05) is 5.69 Å². The third-order valence-corrected chi connectivity index (χ3v) is 3.33. The van der Waals surface area contributed by atoms with E-state index in [1.807, 2.05) is 38.1 Å². The number of anilines is 1. The van der Waals surface area contributed by atoms with Gasteiger partial charge in [-0.15, -0.1) is 0 Å². The lowest BCUT2D eigenvalue weighted by molar-refractivity contribution is -0.143. The van der Waals surface area contributed by atoms with Crippen molar-refractivity contribution in [2.24, 2.45) is 5.92 Å². The average Bonchev–Trinajstić information content (AvgIpc) is 2.45. The number of hydrogen-bond donors (Lipinski definition) is 2. The van der Waals surface area contributed by atoms with Gasteiger partial charge in [0.05, 0.1) is 7.11 Å². The SMILES string of the molecule is COC(=O)C(CC(C)C)NC(=O)Nc1ccc(C(C)C)cc1. The first-order valence-electron chi connectivity index (χ1n) is 7.58. The van der Waals surface area contributed by atoms with Gasteiger partial charge in [-0.3, -0.25) is 0 Å². The van der Waals surface area contributed by atoms with Crippen LogP contribution in [0.15, 0.2) is 24.3 Å². The topological polar surface area (TPSA) is 67.4 Å². The Morgan fingerprint density at radius 1 is 1.09 bits per heavy atom. The van der Waals surface area contributed by atoms with E-state index in [4.69, 9.17) is 4.74 Å². The highest BCUT2D eigenvalue weighted by atomic mass is 16.5. The Morgan fingerprint density at radius 2 is 1.68 bits per heavy atom. The normalized spacial score (nSPS) is 12.1. The number of nitrogens with one attached hydrogen (secondary N) is 2. The van der Waals surface area contributed by atoms with Crippen LogP contribution in [0.4, 0.5) is 10.5 Å². The molecule has 1 aromatic carbocycles. The van der Waals surface area contributed by atoms with Gasteiger partial charge in [-0.1, -0.05) is 39.8 Å². The van der Waals surface area contributed by atoms with Crippen LogP contribution in [0.1, 0.15) is 45.6 Å². The lowest BCUT2D eigenvalue weighted by atomic mass is 10.0. The van der Waals surface area contributed by atoms with Gasteiger partial charge < -0.3 is 15.4 Å². The number of amides is 2. The van der Waals surface area contributed by atoms with Crippen molar-refractivity contribution < 1.29 is 14.3 Å². The van der Waals surface area contributed by atoms with Gasteiger partial charge >= 0.3 is 12.0 Å². The number of methoxy groups -OCH3 is 1. The van der Waals surface area contributed by atoms with Crippen molar-refractivity contribution in [1.82, 2.24) is 5.32 Å². The van der Waals surface area contributed by atoms with E-state index >= 15 is 0 Å². The quantitative estimate of drug-likeness (QED) is 0.790. The highest BCUT2D eigenvalue weighted by molar-refractivity contribution is 5.92. The minimum absolute atomic E-state index is 0.273. The van der Waals surface area contributed by atoms with E-state index in [1.54, 1.807) is 0 Å². The van der Waals surface area contributed by atoms with Crippen molar-refractivity contribution in [1.29, 1.82) is 0 Å². The summed E-state index contributed by atoms with van der Waals surface area (Å²) in [6, 6.07) is 6.61. The minimum atomic E-state index is -0.639. The summed E-state index contributed by atoms with van der Waals surface area (Å²) in [4.78, 5) is 23.7. The Kier molecular flexibility index (Phi) is 6.89. The van der Waals surface area contributed by atoms with Crippen LogP contribution in [0, 0.1) is 5.92 Å². The first kappa shape index (κ1) is 18.0. The second kappa shape index (κ2) is 8.41. The fourth-order valence-corrected chi connectivity index (χ4v) is 2.10. The predicted octanol–water partition coefficient (Wildman–Crippen LogP) is 3.52. The summed E-state index contributed by atoms with van der Waals surface area (Å²) in [7, 11) is 1.32. The number of ether oxygens (including phenoxy) is 1. The van der Waals surface area contributed by atoms with Crippen molar-refractivity contribution in [3.05, 3.63) is 29.8 Å². The molecular formula is C17H26N2O3. The van der Waals surface area contributed by atoms with E-state index in [0.29, 0.717) is 18.0 Å². The Balaban J connectivity index is 2.64. The van der Waals surface area contributed by atoms with E-state index in [9.17, 15) is 9.59 Å². The summed E-state index contributed by atoms with van der Waals surface area (Å²) in [5.74, 6) is 0.284. The van der Waals surface area contributed by atoms with E-state index in [1.165, 1.54) is 12.7 Å². The van der Waals surface area contributed by atoms with Crippen molar-refractivity contribution in [3.63, 3.8) is 0 Å². The van der Waals surface area contributed by atoms with Crippen LogP contribution in [-0.4, -0.2) is 25.2 Å². The molecule has 0 aliphatic rings. The third-order valence-electron chi connectivity index (χ3n) is 3.33. The molecule has 0 aromatic heterocycles. The molecule has 2 amide bonds. The molecule has 0 bridgehead atoms. The zero-order valence-corrected chi connectivity index (χ0v) is 14.0. The van der Waals surface area contributed by atoms with Crippen LogP contribution in [0.25, 0.3) is 0 Å². The van der Waals surface area contributed by atoms with Gasteiger partial charge in [-0.2, -0.15) is 0 Å². The molecule has 122 valence electrons. The zero-order valence-electron chi connectivity index (χ0n) is 14.0. The van der Waals surface area contributed by atoms with Crippen LogP contribution >= 0.6 is 0 Å². The lowest BCUT2D eigenvalue weighted by Gasteiger charge is -2.18. The van der Waals surface area contributed by atoms with Crippen LogP contribution in [0.3, 0.4) is 0 Å². The number of urea groups is 1. The molecule has 2 N–H and O–H groups in total. The number of esters is 1.